The highest BCUT2D eigenvalue weighted by molar-refractivity contribution is 7.88. The molecule has 1 amide bonds. The molecule has 0 spiro atoms. The molecule has 0 bridgehead atoms. The Morgan fingerprint density at radius 2 is 1.95 bits per heavy atom. The number of benzene rings is 1. The first-order valence-corrected chi connectivity index (χ1v) is 9.64. The summed E-state index contributed by atoms with van der Waals surface area (Å²) >= 11 is 0. The second-order valence-electron chi connectivity index (χ2n) is 5.82. The summed E-state index contributed by atoms with van der Waals surface area (Å²) in [6.45, 7) is 3.05. The molecule has 22 heavy (non-hydrogen) atoms. The third kappa shape index (κ3) is 4.55. The van der Waals surface area contributed by atoms with Crippen LogP contribution in [0.4, 0.5) is 0 Å². The van der Waals surface area contributed by atoms with Gasteiger partial charge in [0.2, 0.25) is 10.0 Å². The number of carbonyl (C=O) groups excluding carboxylic acids is 1. The molecule has 0 saturated carbocycles. The molecule has 0 unspecified atom stereocenters. The smallest absolute Gasteiger partial charge is 0.254 e. The van der Waals surface area contributed by atoms with Crippen molar-refractivity contribution in [3.8, 4) is 0 Å². The van der Waals surface area contributed by atoms with Gasteiger partial charge < -0.3 is 4.90 Å². The van der Waals surface area contributed by atoms with Crippen LogP contribution in [0.15, 0.2) is 24.3 Å². The maximum atomic E-state index is 12.7. The number of carbonyl (C=O) groups is 1. The number of aryl methyl sites for hydroxylation is 1. The second-order valence-corrected chi connectivity index (χ2v) is 7.65. The standard InChI is InChI=1S/C16H24N2O3S/c1-3-13-7-9-14(10-8-13)16(19)18-11-5-4-6-15(18)12-17-22(2,20)21/h7-10,15,17H,3-6,11-12H2,1-2H3/t15-/m1/s1. The Balaban J connectivity index is 2.10. The zero-order valence-electron chi connectivity index (χ0n) is 13.2. The van der Waals surface area contributed by atoms with E-state index >= 15 is 0 Å². The molecule has 1 atom stereocenters. The quantitative estimate of drug-likeness (QED) is 0.898. The zero-order valence-corrected chi connectivity index (χ0v) is 14.0. The van der Waals surface area contributed by atoms with Gasteiger partial charge in [-0.05, 0) is 43.4 Å². The number of piperidine rings is 1. The van der Waals surface area contributed by atoms with Gasteiger partial charge >= 0.3 is 0 Å². The van der Waals surface area contributed by atoms with Crippen LogP contribution in [0.25, 0.3) is 0 Å². The predicted octanol–water partition coefficient (Wildman–Crippen LogP) is 1.79. The SMILES string of the molecule is CCc1ccc(C(=O)N2CCCC[C@@H]2CNS(C)(=O)=O)cc1. The van der Waals surface area contributed by atoms with Crippen molar-refractivity contribution in [2.75, 3.05) is 19.3 Å². The Hall–Kier alpha value is -1.40. The molecule has 1 N–H and O–H groups in total. The van der Waals surface area contributed by atoms with Gasteiger partial charge in [0.25, 0.3) is 5.91 Å². The van der Waals surface area contributed by atoms with Gasteiger partial charge in [-0.1, -0.05) is 19.1 Å². The van der Waals surface area contributed by atoms with Crippen molar-refractivity contribution in [3.63, 3.8) is 0 Å². The first-order chi connectivity index (χ1) is 10.4. The van der Waals surface area contributed by atoms with E-state index in [4.69, 9.17) is 0 Å². The molecule has 1 aliphatic rings. The van der Waals surface area contributed by atoms with E-state index in [1.54, 1.807) is 0 Å². The highest BCUT2D eigenvalue weighted by atomic mass is 32.2. The summed E-state index contributed by atoms with van der Waals surface area (Å²) in [7, 11) is -3.23. The van der Waals surface area contributed by atoms with E-state index in [0.717, 1.165) is 31.9 Å². The molecule has 0 aromatic heterocycles. The van der Waals surface area contributed by atoms with Crippen molar-refractivity contribution >= 4 is 15.9 Å². The topological polar surface area (TPSA) is 66.5 Å². The van der Waals surface area contributed by atoms with Crippen molar-refractivity contribution in [1.29, 1.82) is 0 Å². The molecule has 5 nitrogen and oxygen atoms in total. The van der Waals surface area contributed by atoms with E-state index in [0.29, 0.717) is 12.1 Å². The molecule has 1 heterocycles. The van der Waals surface area contributed by atoms with Gasteiger partial charge in [0, 0.05) is 24.7 Å². The Bertz CT molecular complexity index is 611. The van der Waals surface area contributed by atoms with Crippen LogP contribution in [-0.2, 0) is 16.4 Å². The van der Waals surface area contributed by atoms with Gasteiger partial charge in [0.1, 0.15) is 0 Å². The van der Waals surface area contributed by atoms with Crippen LogP contribution in [0.5, 0.6) is 0 Å². The van der Waals surface area contributed by atoms with E-state index in [2.05, 4.69) is 11.6 Å². The fraction of sp³-hybridized carbons (Fsp3) is 0.562. The average Bonchev–Trinajstić information content (AvgIpc) is 2.52. The lowest BCUT2D eigenvalue weighted by Gasteiger charge is -2.35. The normalized spacial score (nSPS) is 19.2. The molecule has 122 valence electrons. The largest absolute Gasteiger partial charge is 0.334 e. The third-order valence-electron chi connectivity index (χ3n) is 4.08. The van der Waals surface area contributed by atoms with Gasteiger partial charge in [-0.3, -0.25) is 4.79 Å². The Kier molecular flexibility index (Phi) is 5.58. The number of likely N-dealkylation sites (tertiary alicyclic amines) is 1. The van der Waals surface area contributed by atoms with Crippen LogP contribution in [0, 0.1) is 0 Å². The molecule has 2 rings (SSSR count). The Labute approximate surface area is 132 Å². The number of amides is 1. The minimum Gasteiger partial charge on any atom is -0.334 e. The number of sulfonamides is 1. The number of rotatable bonds is 5. The minimum atomic E-state index is -3.23. The number of nitrogens with zero attached hydrogens (tertiary/aromatic N) is 1. The molecule has 6 heteroatoms. The highest BCUT2D eigenvalue weighted by Crippen LogP contribution is 2.20. The summed E-state index contributed by atoms with van der Waals surface area (Å²) in [4.78, 5) is 14.5. The van der Waals surface area contributed by atoms with Crippen LogP contribution in [-0.4, -0.2) is 44.6 Å². The molecule has 1 aliphatic heterocycles. The van der Waals surface area contributed by atoms with Crippen LogP contribution in [0.2, 0.25) is 0 Å². The van der Waals surface area contributed by atoms with E-state index in [1.165, 1.54) is 5.56 Å². The molecule has 0 radical (unpaired) electrons. The first-order valence-electron chi connectivity index (χ1n) is 7.75. The predicted molar refractivity (Wildman–Crippen MR) is 87.3 cm³/mol. The molecule has 1 saturated heterocycles. The summed E-state index contributed by atoms with van der Waals surface area (Å²) in [5.74, 6) is -0.0114. The fourth-order valence-electron chi connectivity index (χ4n) is 2.78. The first kappa shape index (κ1) is 17.0. The molecule has 1 fully saturated rings. The average molecular weight is 324 g/mol. The summed E-state index contributed by atoms with van der Waals surface area (Å²) in [5, 5.41) is 0. The number of nitrogens with one attached hydrogen (secondary N) is 1. The van der Waals surface area contributed by atoms with Gasteiger partial charge in [0.15, 0.2) is 0 Å². The van der Waals surface area contributed by atoms with Crippen molar-refractivity contribution in [1.82, 2.24) is 9.62 Å². The lowest BCUT2D eigenvalue weighted by molar-refractivity contribution is 0.0619. The Morgan fingerprint density at radius 1 is 1.27 bits per heavy atom. The van der Waals surface area contributed by atoms with Crippen molar-refractivity contribution in [2.24, 2.45) is 0 Å². The highest BCUT2D eigenvalue weighted by Gasteiger charge is 2.27. The lowest BCUT2D eigenvalue weighted by atomic mass is 10.0. The van der Waals surface area contributed by atoms with Crippen LogP contribution < -0.4 is 4.72 Å². The maximum Gasteiger partial charge on any atom is 0.254 e. The van der Waals surface area contributed by atoms with E-state index in [-0.39, 0.29) is 18.5 Å². The molecule has 0 aliphatic carbocycles. The van der Waals surface area contributed by atoms with Gasteiger partial charge in [-0.15, -0.1) is 0 Å². The van der Waals surface area contributed by atoms with Gasteiger partial charge in [-0.25, -0.2) is 13.1 Å². The Morgan fingerprint density at radius 3 is 2.55 bits per heavy atom. The third-order valence-corrected chi connectivity index (χ3v) is 4.77. The lowest BCUT2D eigenvalue weighted by Crippen LogP contribution is -2.49. The summed E-state index contributed by atoms with van der Waals surface area (Å²) < 4.78 is 25.1. The summed E-state index contributed by atoms with van der Waals surface area (Å²) in [6.07, 6.45) is 4.91. The van der Waals surface area contributed by atoms with Gasteiger partial charge in [-0.2, -0.15) is 0 Å². The second kappa shape index (κ2) is 7.24. The van der Waals surface area contributed by atoms with E-state index < -0.39 is 10.0 Å². The van der Waals surface area contributed by atoms with Crippen molar-refractivity contribution in [3.05, 3.63) is 35.4 Å². The van der Waals surface area contributed by atoms with Crippen molar-refractivity contribution in [2.45, 2.75) is 38.6 Å². The van der Waals surface area contributed by atoms with Crippen LogP contribution in [0.3, 0.4) is 0 Å². The van der Waals surface area contributed by atoms with E-state index in [9.17, 15) is 13.2 Å². The minimum absolute atomic E-state index is 0.0114. The fourth-order valence-corrected chi connectivity index (χ4v) is 3.27. The van der Waals surface area contributed by atoms with Crippen molar-refractivity contribution < 1.29 is 13.2 Å². The molecule has 1 aromatic rings. The molecular formula is C16H24N2O3S. The monoisotopic (exact) mass is 324 g/mol. The van der Waals surface area contributed by atoms with Crippen LogP contribution in [0.1, 0.15) is 42.1 Å². The number of hydrogen-bond acceptors (Lipinski definition) is 3. The zero-order chi connectivity index (χ0) is 16.2. The molecular weight excluding hydrogens is 300 g/mol. The molecule has 1 aromatic carbocycles. The van der Waals surface area contributed by atoms with E-state index in [1.807, 2.05) is 29.2 Å². The maximum absolute atomic E-state index is 12.7. The summed E-state index contributed by atoms with van der Waals surface area (Å²) in [5.41, 5.74) is 1.87. The number of hydrogen-bond donors (Lipinski definition) is 1. The summed E-state index contributed by atoms with van der Waals surface area (Å²) in [6, 6.07) is 7.59. The van der Waals surface area contributed by atoms with Gasteiger partial charge in [0.05, 0.1) is 6.26 Å². The van der Waals surface area contributed by atoms with Crippen LogP contribution >= 0.6 is 0 Å².